The number of hydrogen-bond donors (Lipinski definition) is 1. The van der Waals surface area contributed by atoms with Crippen LogP contribution in [0.1, 0.15) is 23.2 Å². The minimum absolute atomic E-state index is 0.00594. The summed E-state index contributed by atoms with van der Waals surface area (Å²) in [6.45, 7) is 0.753. The van der Waals surface area contributed by atoms with Gasteiger partial charge in [-0.05, 0) is 49.2 Å². The first-order valence-corrected chi connectivity index (χ1v) is 8.22. The normalized spacial score (nSPS) is 17.5. The number of imidazole rings is 1. The van der Waals surface area contributed by atoms with Crippen LogP contribution in [-0.4, -0.2) is 44.7 Å². The fourth-order valence-corrected chi connectivity index (χ4v) is 3.39. The Balaban J connectivity index is 1.62. The van der Waals surface area contributed by atoms with Crippen molar-refractivity contribution in [3.05, 3.63) is 60.4 Å². The van der Waals surface area contributed by atoms with Gasteiger partial charge in [0, 0.05) is 17.8 Å². The molecule has 1 amide bonds. The molecule has 1 atom stereocenters. The van der Waals surface area contributed by atoms with Crippen molar-refractivity contribution in [2.45, 2.75) is 18.9 Å². The zero-order valence-electron chi connectivity index (χ0n) is 13.3. The molecule has 0 aliphatic carbocycles. The molecule has 1 fully saturated rings. The molecule has 0 saturated carbocycles. The fourth-order valence-electron chi connectivity index (χ4n) is 3.39. The number of rotatable bonds is 3. The van der Waals surface area contributed by atoms with Gasteiger partial charge in [-0.3, -0.25) is 9.36 Å². The van der Waals surface area contributed by atoms with E-state index in [1.54, 1.807) is 11.2 Å². The van der Waals surface area contributed by atoms with Crippen LogP contribution >= 0.6 is 0 Å². The van der Waals surface area contributed by atoms with Crippen LogP contribution in [0.4, 0.5) is 0 Å². The maximum Gasteiger partial charge on any atom is 0.254 e. The molecule has 0 spiro atoms. The lowest BCUT2D eigenvalue weighted by Crippen LogP contribution is -2.37. The second-order valence-electron chi connectivity index (χ2n) is 6.13. The van der Waals surface area contributed by atoms with E-state index in [-0.39, 0.29) is 18.6 Å². The summed E-state index contributed by atoms with van der Waals surface area (Å²) in [6.07, 6.45) is 3.63. The number of benzene rings is 2. The van der Waals surface area contributed by atoms with Crippen molar-refractivity contribution < 1.29 is 9.90 Å². The second-order valence-corrected chi connectivity index (χ2v) is 6.13. The highest BCUT2D eigenvalue weighted by atomic mass is 16.3. The zero-order valence-corrected chi connectivity index (χ0v) is 13.3. The molecule has 4 rings (SSSR count). The fraction of sp³-hybridized carbons (Fsp3) is 0.263. The maximum atomic E-state index is 12.6. The molecule has 5 heteroatoms. The third-order valence-electron chi connectivity index (χ3n) is 4.69. The van der Waals surface area contributed by atoms with Gasteiger partial charge < -0.3 is 10.0 Å². The number of nitrogens with zero attached hydrogens (tertiary/aromatic N) is 3. The van der Waals surface area contributed by atoms with Gasteiger partial charge in [0.15, 0.2) is 0 Å². The van der Waals surface area contributed by atoms with Crippen LogP contribution in [0.5, 0.6) is 0 Å². The molecule has 24 heavy (non-hydrogen) atoms. The summed E-state index contributed by atoms with van der Waals surface area (Å²) in [7, 11) is 0. The second kappa shape index (κ2) is 6.09. The number of amides is 1. The molecule has 0 radical (unpaired) electrons. The predicted octanol–water partition coefficient (Wildman–Crippen LogP) is 2.62. The molecule has 1 aromatic heterocycles. The number of aromatic nitrogens is 2. The van der Waals surface area contributed by atoms with Gasteiger partial charge >= 0.3 is 0 Å². The van der Waals surface area contributed by atoms with Crippen LogP contribution in [-0.2, 0) is 0 Å². The molecular weight excluding hydrogens is 302 g/mol. The average molecular weight is 321 g/mol. The van der Waals surface area contributed by atoms with E-state index in [1.165, 1.54) is 0 Å². The monoisotopic (exact) mass is 321 g/mol. The summed E-state index contributed by atoms with van der Waals surface area (Å²) >= 11 is 0. The third-order valence-corrected chi connectivity index (χ3v) is 4.69. The van der Waals surface area contributed by atoms with Gasteiger partial charge in [-0.15, -0.1) is 0 Å². The maximum absolute atomic E-state index is 12.6. The van der Waals surface area contributed by atoms with E-state index in [1.807, 2.05) is 53.1 Å². The lowest BCUT2D eigenvalue weighted by atomic mass is 10.1. The summed E-state index contributed by atoms with van der Waals surface area (Å²) < 4.78 is 2.01. The first-order valence-electron chi connectivity index (χ1n) is 8.22. The summed E-state index contributed by atoms with van der Waals surface area (Å²) in [5.41, 5.74) is 3.61. The molecule has 1 aliphatic rings. The molecule has 2 heterocycles. The Morgan fingerprint density at radius 3 is 2.75 bits per heavy atom. The average Bonchev–Trinajstić information content (AvgIpc) is 3.28. The van der Waals surface area contributed by atoms with Crippen molar-refractivity contribution in [1.82, 2.24) is 14.5 Å². The molecular formula is C19H19N3O2. The number of carbonyl (C=O) groups excluding carboxylic acids is 1. The molecule has 1 N–H and O–H groups in total. The first kappa shape index (κ1) is 14.9. The van der Waals surface area contributed by atoms with Crippen LogP contribution in [0.3, 0.4) is 0 Å². The van der Waals surface area contributed by atoms with Crippen LogP contribution < -0.4 is 0 Å². The van der Waals surface area contributed by atoms with Gasteiger partial charge in [-0.1, -0.05) is 12.1 Å². The minimum atomic E-state index is -0.0465. The van der Waals surface area contributed by atoms with E-state index in [0.29, 0.717) is 5.56 Å². The van der Waals surface area contributed by atoms with Crippen LogP contribution in [0, 0.1) is 0 Å². The van der Waals surface area contributed by atoms with Crippen molar-refractivity contribution in [3.63, 3.8) is 0 Å². The molecule has 122 valence electrons. The van der Waals surface area contributed by atoms with E-state index >= 15 is 0 Å². The molecule has 0 unspecified atom stereocenters. The SMILES string of the molecule is O=C(c1ccc(-n2cnc3ccccc32)cc1)N1CCC[C@@H]1CO. The van der Waals surface area contributed by atoms with Crippen LogP contribution in [0.15, 0.2) is 54.9 Å². The summed E-state index contributed by atoms with van der Waals surface area (Å²) in [5.74, 6) is -0.00594. The highest BCUT2D eigenvalue weighted by molar-refractivity contribution is 5.95. The van der Waals surface area contributed by atoms with E-state index in [0.717, 1.165) is 36.1 Å². The van der Waals surface area contributed by atoms with Crippen LogP contribution in [0.2, 0.25) is 0 Å². The van der Waals surface area contributed by atoms with Gasteiger partial charge in [-0.25, -0.2) is 4.98 Å². The molecule has 0 bridgehead atoms. The lowest BCUT2D eigenvalue weighted by molar-refractivity contribution is 0.0677. The number of fused-ring (bicyclic) bond motifs is 1. The quantitative estimate of drug-likeness (QED) is 0.807. The molecule has 2 aromatic carbocycles. The Morgan fingerprint density at radius 2 is 1.96 bits per heavy atom. The predicted molar refractivity (Wildman–Crippen MR) is 92.2 cm³/mol. The van der Waals surface area contributed by atoms with E-state index in [4.69, 9.17) is 0 Å². The van der Waals surface area contributed by atoms with Crippen molar-refractivity contribution in [1.29, 1.82) is 0 Å². The topological polar surface area (TPSA) is 58.4 Å². The summed E-state index contributed by atoms with van der Waals surface area (Å²) in [4.78, 5) is 18.8. The number of likely N-dealkylation sites (tertiary alicyclic amines) is 1. The Labute approximate surface area is 140 Å². The minimum Gasteiger partial charge on any atom is -0.394 e. The number of carbonyl (C=O) groups is 1. The Kier molecular flexibility index (Phi) is 3.78. The number of aliphatic hydroxyl groups excluding tert-OH is 1. The van der Waals surface area contributed by atoms with Gasteiger partial charge in [0.25, 0.3) is 5.91 Å². The van der Waals surface area contributed by atoms with Gasteiger partial charge in [0.1, 0.15) is 6.33 Å². The number of hydrogen-bond acceptors (Lipinski definition) is 3. The summed E-state index contributed by atoms with van der Waals surface area (Å²) in [6, 6.07) is 15.5. The van der Waals surface area contributed by atoms with Gasteiger partial charge in [0.2, 0.25) is 0 Å². The Morgan fingerprint density at radius 1 is 1.17 bits per heavy atom. The van der Waals surface area contributed by atoms with Crippen molar-refractivity contribution >= 4 is 16.9 Å². The van der Waals surface area contributed by atoms with E-state index in [9.17, 15) is 9.90 Å². The summed E-state index contributed by atoms with van der Waals surface area (Å²) in [5, 5.41) is 9.40. The highest BCUT2D eigenvalue weighted by Crippen LogP contribution is 2.22. The molecule has 3 aromatic rings. The number of aliphatic hydroxyl groups is 1. The molecule has 5 nitrogen and oxygen atoms in total. The lowest BCUT2D eigenvalue weighted by Gasteiger charge is -2.23. The Hall–Kier alpha value is -2.66. The van der Waals surface area contributed by atoms with Gasteiger partial charge in [-0.2, -0.15) is 0 Å². The third kappa shape index (κ3) is 2.47. The Bertz CT molecular complexity index is 870. The van der Waals surface area contributed by atoms with E-state index in [2.05, 4.69) is 4.98 Å². The largest absolute Gasteiger partial charge is 0.394 e. The van der Waals surface area contributed by atoms with Gasteiger partial charge in [0.05, 0.1) is 23.7 Å². The zero-order chi connectivity index (χ0) is 16.5. The van der Waals surface area contributed by atoms with Crippen molar-refractivity contribution in [2.24, 2.45) is 0 Å². The first-order chi connectivity index (χ1) is 11.8. The van der Waals surface area contributed by atoms with E-state index < -0.39 is 0 Å². The smallest absolute Gasteiger partial charge is 0.254 e. The highest BCUT2D eigenvalue weighted by Gasteiger charge is 2.28. The van der Waals surface area contributed by atoms with Crippen molar-refractivity contribution in [2.75, 3.05) is 13.2 Å². The number of para-hydroxylation sites is 2. The van der Waals surface area contributed by atoms with Crippen molar-refractivity contribution in [3.8, 4) is 5.69 Å². The molecule has 1 aliphatic heterocycles. The molecule has 1 saturated heterocycles. The van der Waals surface area contributed by atoms with Crippen LogP contribution in [0.25, 0.3) is 16.7 Å². The standard InChI is InChI=1S/C19H19N3O2/c23-12-16-4-3-11-21(16)19(24)14-7-9-15(10-8-14)22-13-20-17-5-1-2-6-18(17)22/h1-2,5-10,13,16,23H,3-4,11-12H2/t16-/m1/s1.